The Bertz CT molecular complexity index is 1540. The number of benzene rings is 2. The zero-order valence-electron chi connectivity index (χ0n) is 27.8. The second-order valence-corrected chi connectivity index (χ2v) is 12.0. The summed E-state index contributed by atoms with van der Waals surface area (Å²) in [7, 11) is 1.47. The van der Waals surface area contributed by atoms with Gasteiger partial charge in [0.15, 0.2) is 11.6 Å². The highest BCUT2D eigenvalue weighted by molar-refractivity contribution is 5.96. The van der Waals surface area contributed by atoms with Crippen molar-refractivity contribution in [2.45, 2.75) is 58.0 Å². The van der Waals surface area contributed by atoms with Gasteiger partial charge in [0.2, 0.25) is 11.8 Å². The summed E-state index contributed by atoms with van der Waals surface area (Å²) >= 11 is 0. The molecule has 1 heterocycles. The average molecular weight is 663 g/mol. The van der Waals surface area contributed by atoms with Crippen LogP contribution >= 0.6 is 0 Å². The molecule has 4 bridgehead atoms. The van der Waals surface area contributed by atoms with E-state index < -0.39 is 41.5 Å². The lowest BCUT2D eigenvalue weighted by Crippen LogP contribution is -2.46. The molecule has 2 aromatic carbocycles. The van der Waals surface area contributed by atoms with Gasteiger partial charge in [-0.15, -0.1) is 0 Å². The molecule has 0 aromatic heterocycles. The number of rotatable bonds is 14. The van der Waals surface area contributed by atoms with Gasteiger partial charge in [-0.3, -0.25) is 19.2 Å². The van der Waals surface area contributed by atoms with Gasteiger partial charge in [0, 0.05) is 69.4 Å². The maximum Gasteiger partial charge on any atom is 0.228 e. The molecule has 2 aromatic rings. The molecule has 4 atom stereocenters. The van der Waals surface area contributed by atoms with Gasteiger partial charge < -0.3 is 41.7 Å². The number of ether oxygens (including phenoxy) is 2. The zero-order valence-corrected chi connectivity index (χ0v) is 27.8. The van der Waals surface area contributed by atoms with Crippen molar-refractivity contribution in [3.63, 3.8) is 0 Å². The lowest BCUT2D eigenvalue weighted by Gasteiger charge is -2.32. The molecule has 3 rings (SSSR count). The highest BCUT2D eigenvalue weighted by Crippen LogP contribution is 2.40. The Morgan fingerprint density at radius 1 is 1.00 bits per heavy atom. The van der Waals surface area contributed by atoms with Crippen molar-refractivity contribution >= 4 is 29.2 Å². The number of nitrogens with one attached hydrogen (secondary N) is 1. The number of hydrogen-bond acceptors (Lipinski definition) is 11. The molecule has 0 fully saturated rings. The quantitative estimate of drug-likeness (QED) is 0.227. The molecule has 13 nitrogen and oxygen atoms in total. The second kappa shape index (κ2) is 18.1. The van der Waals surface area contributed by atoms with Crippen LogP contribution in [0.2, 0.25) is 0 Å². The van der Waals surface area contributed by atoms with E-state index in [0.717, 1.165) is 0 Å². The molecular formula is C35H46N6O7. The first-order valence-corrected chi connectivity index (χ1v) is 16.1. The maximum absolute atomic E-state index is 14.2. The molecule has 258 valence electrons. The fourth-order valence-corrected chi connectivity index (χ4v) is 5.75. The van der Waals surface area contributed by atoms with E-state index in [-0.39, 0.29) is 76.5 Å². The van der Waals surface area contributed by atoms with Gasteiger partial charge in [-0.1, -0.05) is 19.1 Å². The van der Waals surface area contributed by atoms with Crippen LogP contribution in [0, 0.1) is 23.2 Å². The maximum atomic E-state index is 14.2. The molecule has 0 saturated heterocycles. The minimum absolute atomic E-state index is 0.0134. The fourth-order valence-electron chi connectivity index (χ4n) is 5.75. The summed E-state index contributed by atoms with van der Waals surface area (Å²) in [6.07, 6.45) is -0.303. The number of fused-ring (bicyclic) bond motifs is 5. The predicted octanol–water partition coefficient (Wildman–Crippen LogP) is 1.59. The number of nitriles is 1. The molecule has 48 heavy (non-hydrogen) atoms. The van der Waals surface area contributed by atoms with Crippen LogP contribution in [-0.4, -0.2) is 80.0 Å². The normalized spacial score (nSPS) is 18.5. The smallest absolute Gasteiger partial charge is 0.228 e. The number of hydrogen-bond donors (Lipinski definition) is 4. The topological polar surface area (TPSA) is 221 Å². The molecular weight excluding hydrogens is 616 g/mol. The Kier molecular flexibility index (Phi) is 14.2. The van der Waals surface area contributed by atoms with Crippen LogP contribution < -0.4 is 32.0 Å². The van der Waals surface area contributed by atoms with Crippen molar-refractivity contribution in [2.75, 3.05) is 39.9 Å². The molecule has 2 amide bonds. The number of Topliss-reactive ketones (excluding diaryl/α,β-unsaturated/α-hetero) is 3. The summed E-state index contributed by atoms with van der Waals surface area (Å²) < 4.78 is 12.0. The molecule has 0 unspecified atom stereocenters. The van der Waals surface area contributed by atoms with Gasteiger partial charge in [-0.25, -0.2) is 0 Å². The van der Waals surface area contributed by atoms with E-state index in [1.54, 1.807) is 37.3 Å². The van der Waals surface area contributed by atoms with Crippen LogP contribution in [-0.2, 0) is 30.4 Å². The second-order valence-electron chi connectivity index (χ2n) is 12.0. The standard InChI is InChI=1S/C35H46N6O7/c1-21-15-30(44)33(41(3)35(46)25(20-39)16-22(2)42)24-7-9-32(48-14-12-38)27(19-24)26-17-23(6-8-31(26)47-13-11-37)18-28(40-34(21)45)29(43)5-4-10-36/h6-9,17,19,21,25,28,33H,4-5,11-16,18,20,37-39H2,1-3H3,(H,40,45)/t21-,25+,28+,33+/m1/s1. The largest absolute Gasteiger partial charge is 0.492 e. The molecule has 0 saturated carbocycles. The Morgan fingerprint density at radius 2 is 1.62 bits per heavy atom. The van der Waals surface area contributed by atoms with Gasteiger partial charge in [0.1, 0.15) is 36.5 Å². The number of nitrogens with two attached hydrogens (primary N) is 3. The third-order valence-corrected chi connectivity index (χ3v) is 8.19. The highest BCUT2D eigenvalue weighted by atomic mass is 16.5. The first-order valence-electron chi connectivity index (χ1n) is 16.1. The predicted molar refractivity (Wildman–Crippen MR) is 179 cm³/mol. The summed E-state index contributed by atoms with van der Waals surface area (Å²) in [5, 5.41) is 11.9. The minimum atomic E-state index is -1.16. The van der Waals surface area contributed by atoms with Gasteiger partial charge in [0.05, 0.1) is 18.0 Å². The first-order chi connectivity index (χ1) is 22.9. The first kappa shape index (κ1) is 37.8. The van der Waals surface area contributed by atoms with Crippen LogP contribution in [0.5, 0.6) is 11.5 Å². The molecule has 0 radical (unpaired) electrons. The zero-order chi connectivity index (χ0) is 35.4. The van der Waals surface area contributed by atoms with Crippen molar-refractivity contribution < 1.29 is 33.4 Å². The average Bonchev–Trinajstić information content (AvgIpc) is 3.06. The number of carbonyl (C=O) groups excluding carboxylic acids is 5. The van der Waals surface area contributed by atoms with E-state index >= 15 is 0 Å². The monoisotopic (exact) mass is 662 g/mol. The van der Waals surface area contributed by atoms with E-state index in [9.17, 15) is 24.0 Å². The summed E-state index contributed by atoms with van der Waals surface area (Å²) in [5.74, 6) is -2.83. The van der Waals surface area contributed by atoms with Gasteiger partial charge in [-0.05, 0) is 48.7 Å². The highest BCUT2D eigenvalue weighted by Gasteiger charge is 2.35. The van der Waals surface area contributed by atoms with E-state index in [1.807, 2.05) is 12.1 Å². The molecule has 1 aliphatic rings. The van der Waals surface area contributed by atoms with Crippen molar-refractivity contribution in [3.8, 4) is 28.7 Å². The third-order valence-electron chi connectivity index (χ3n) is 8.19. The number of likely N-dealkylation sites (N-methyl/N-ethyl adjacent to an activating group) is 1. The molecule has 0 aliphatic carbocycles. The van der Waals surface area contributed by atoms with Crippen LogP contribution in [0.25, 0.3) is 11.1 Å². The Morgan fingerprint density at radius 3 is 2.21 bits per heavy atom. The van der Waals surface area contributed by atoms with Crippen LogP contribution in [0.4, 0.5) is 0 Å². The minimum Gasteiger partial charge on any atom is -0.492 e. The molecule has 0 spiro atoms. The molecule has 13 heteroatoms. The Hall–Kier alpha value is -4.64. The Labute approximate surface area is 281 Å². The fraction of sp³-hybridized carbons (Fsp3) is 0.486. The molecule has 1 aliphatic heterocycles. The lowest BCUT2D eigenvalue weighted by molar-refractivity contribution is -0.143. The van der Waals surface area contributed by atoms with Crippen molar-refractivity contribution in [3.05, 3.63) is 47.5 Å². The van der Waals surface area contributed by atoms with Gasteiger partial charge in [-0.2, -0.15) is 5.26 Å². The summed E-state index contributed by atoms with van der Waals surface area (Å²) in [4.78, 5) is 67.8. The number of ketones is 3. The van der Waals surface area contributed by atoms with E-state index in [4.69, 9.17) is 31.9 Å². The number of amides is 2. The van der Waals surface area contributed by atoms with Crippen LogP contribution in [0.3, 0.4) is 0 Å². The summed E-state index contributed by atoms with van der Waals surface area (Å²) in [6.45, 7) is 3.70. The van der Waals surface area contributed by atoms with Crippen LogP contribution in [0.1, 0.15) is 56.7 Å². The SMILES string of the molecule is CC(=O)C[C@@H](CN)C(=O)N(C)[C@@H]1C(=O)C[C@@H](C)C(=O)N[C@H](C(=O)CCC#N)Cc2ccc(OCCN)c(c2)-c2cc1ccc2OCCN. The third kappa shape index (κ3) is 9.70. The van der Waals surface area contributed by atoms with Crippen molar-refractivity contribution in [2.24, 2.45) is 29.0 Å². The lowest BCUT2D eigenvalue weighted by atomic mass is 9.88. The van der Waals surface area contributed by atoms with Gasteiger partial charge in [0.25, 0.3) is 0 Å². The summed E-state index contributed by atoms with van der Waals surface area (Å²) in [5.41, 5.74) is 19.6. The van der Waals surface area contributed by atoms with E-state index in [2.05, 4.69) is 5.32 Å². The van der Waals surface area contributed by atoms with Gasteiger partial charge >= 0.3 is 0 Å². The number of nitrogens with zero attached hydrogens (tertiary/aromatic N) is 2. The molecule has 7 N–H and O–H groups in total. The van der Waals surface area contributed by atoms with E-state index in [1.165, 1.54) is 18.9 Å². The Balaban J connectivity index is 2.31. The summed E-state index contributed by atoms with van der Waals surface area (Å²) in [6, 6.07) is 10.3. The van der Waals surface area contributed by atoms with Crippen molar-refractivity contribution in [1.82, 2.24) is 10.2 Å². The van der Waals surface area contributed by atoms with Crippen molar-refractivity contribution in [1.29, 1.82) is 5.26 Å². The van der Waals surface area contributed by atoms with Crippen LogP contribution in [0.15, 0.2) is 36.4 Å². The number of carbonyl (C=O) groups is 5. The van der Waals surface area contributed by atoms with E-state index in [0.29, 0.717) is 33.8 Å².